The molecule has 0 saturated carbocycles. The summed E-state index contributed by atoms with van der Waals surface area (Å²) in [6.45, 7) is 6.14. The summed E-state index contributed by atoms with van der Waals surface area (Å²) in [5.41, 5.74) is 5.07. The lowest BCUT2D eigenvalue weighted by Gasteiger charge is -2.09. The molecule has 0 aliphatic carbocycles. The van der Waals surface area contributed by atoms with Gasteiger partial charge < -0.3 is 14.3 Å². The molecule has 2 aromatic heterocycles. The summed E-state index contributed by atoms with van der Waals surface area (Å²) in [5.74, 6) is 0.216. The summed E-state index contributed by atoms with van der Waals surface area (Å²) in [6, 6.07) is 8.97. The molecular formula is C23H22FN3O2. The lowest BCUT2D eigenvalue weighted by molar-refractivity contribution is -0.120. The number of fused-ring (bicyclic) bond motifs is 1. The molecule has 6 heteroatoms. The van der Waals surface area contributed by atoms with Gasteiger partial charge in [-0.1, -0.05) is 6.07 Å². The Balaban J connectivity index is 1.43. The predicted molar refractivity (Wildman–Crippen MR) is 109 cm³/mol. The van der Waals surface area contributed by atoms with E-state index in [2.05, 4.69) is 10.3 Å². The second-order valence-electron chi connectivity index (χ2n) is 7.28. The summed E-state index contributed by atoms with van der Waals surface area (Å²) < 4.78 is 21.8. The lowest BCUT2D eigenvalue weighted by atomic mass is 10.0. The van der Waals surface area contributed by atoms with E-state index in [1.165, 1.54) is 6.07 Å². The van der Waals surface area contributed by atoms with E-state index < -0.39 is 0 Å². The number of benzene rings is 2. The molecule has 0 atom stereocenters. The third-order valence-corrected chi connectivity index (χ3v) is 5.21. The number of aryl methyl sites for hydroxylation is 3. The maximum atomic E-state index is 14.5. The summed E-state index contributed by atoms with van der Waals surface area (Å²) in [4.78, 5) is 16.5. The van der Waals surface area contributed by atoms with E-state index in [9.17, 15) is 9.18 Å². The molecule has 0 fully saturated rings. The van der Waals surface area contributed by atoms with E-state index in [1.54, 1.807) is 35.4 Å². The van der Waals surface area contributed by atoms with Gasteiger partial charge in [-0.05, 0) is 61.7 Å². The Hall–Kier alpha value is -3.41. The van der Waals surface area contributed by atoms with Crippen molar-refractivity contribution in [3.05, 3.63) is 82.9 Å². The third kappa shape index (κ3) is 3.78. The molecule has 0 unspecified atom stereocenters. The highest BCUT2D eigenvalue weighted by molar-refractivity contribution is 5.88. The fraction of sp³-hybridized carbons (Fsp3) is 0.217. The molecule has 1 N–H and O–H groups in total. The standard InChI is InChI=1S/C23H22FN3O2/c1-14-8-19-18(13-29-22(19)9-15(14)2)11-23(28)26-12-17-4-5-21(20(24)10-17)27-7-6-25-16(27)3/h4-10,13H,11-12H2,1-3H3,(H,26,28). The molecule has 0 saturated heterocycles. The van der Waals surface area contributed by atoms with Gasteiger partial charge in [0.15, 0.2) is 0 Å². The average Bonchev–Trinajstić information content (AvgIpc) is 3.27. The number of aromatic nitrogens is 2. The molecule has 4 rings (SSSR count). The second kappa shape index (κ2) is 7.54. The van der Waals surface area contributed by atoms with Crippen molar-refractivity contribution in [2.45, 2.75) is 33.7 Å². The van der Waals surface area contributed by atoms with Crippen LogP contribution in [-0.2, 0) is 17.8 Å². The van der Waals surface area contributed by atoms with Crippen molar-refractivity contribution >= 4 is 16.9 Å². The number of hydrogen-bond donors (Lipinski definition) is 1. The van der Waals surface area contributed by atoms with Crippen LogP contribution >= 0.6 is 0 Å². The largest absolute Gasteiger partial charge is 0.464 e. The molecule has 4 aromatic rings. The van der Waals surface area contributed by atoms with Gasteiger partial charge >= 0.3 is 0 Å². The Morgan fingerprint density at radius 1 is 1.17 bits per heavy atom. The number of hydrogen-bond acceptors (Lipinski definition) is 3. The highest BCUT2D eigenvalue weighted by atomic mass is 19.1. The highest BCUT2D eigenvalue weighted by Crippen LogP contribution is 2.25. The van der Waals surface area contributed by atoms with Crippen LogP contribution in [0.5, 0.6) is 0 Å². The molecule has 5 nitrogen and oxygen atoms in total. The Morgan fingerprint density at radius 3 is 2.69 bits per heavy atom. The van der Waals surface area contributed by atoms with Gasteiger partial charge in [0.05, 0.1) is 18.4 Å². The second-order valence-corrected chi connectivity index (χ2v) is 7.28. The van der Waals surface area contributed by atoms with E-state index in [0.717, 1.165) is 27.7 Å². The summed E-state index contributed by atoms with van der Waals surface area (Å²) in [5, 5.41) is 3.81. The van der Waals surface area contributed by atoms with E-state index in [0.29, 0.717) is 17.1 Å². The molecule has 0 bridgehead atoms. The number of furan rings is 1. The van der Waals surface area contributed by atoms with Crippen LogP contribution in [0.4, 0.5) is 4.39 Å². The molecule has 0 spiro atoms. The van der Waals surface area contributed by atoms with Gasteiger partial charge in [0.25, 0.3) is 0 Å². The summed E-state index contributed by atoms with van der Waals surface area (Å²) in [7, 11) is 0. The van der Waals surface area contributed by atoms with Crippen LogP contribution in [-0.4, -0.2) is 15.5 Å². The van der Waals surface area contributed by atoms with E-state index in [4.69, 9.17) is 4.42 Å². The normalized spacial score (nSPS) is 11.2. The van der Waals surface area contributed by atoms with Crippen molar-refractivity contribution < 1.29 is 13.6 Å². The molecule has 2 aromatic carbocycles. The average molecular weight is 391 g/mol. The van der Waals surface area contributed by atoms with Crippen molar-refractivity contribution in [1.82, 2.24) is 14.9 Å². The maximum Gasteiger partial charge on any atom is 0.224 e. The number of imidazole rings is 1. The number of halogens is 1. The van der Waals surface area contributed by atoms with Gasteiger partial charge in [-0.3, -0.25) is 4.79 Å². The molecule has 0 aliphatic rings. The van der Waals surface area contributed by atoms with Gasteiger partial charge in [0.1, 0.15) is 17.2 Å². The van der Waals surface area contributed by atoms with Gasteiger partial charge in [0.2, 0.25) is 5.91 Å². The minimum atomic E-state index is -0.357. The molecule has 148 valence electrons. The quantitative estimate of drug-likeness (QED) is 0.543. The predicted octanol–water partition coefficient (Wildman–Crippen LogP) is 4.54. The fourth-order valence-corrected chi connectivity index (χ4v) is 3.40. The summed E-state index contributed by atoms with van der Waals surface area (Å²) >= 11 is 0. The minimum absolute atomic E-state index is 0.138. The van der Waals surface area contributed by atoms with Crippen molar-refractivity contribution in [1.29, 1.82) is 0 Å². The van der Waals surface area contributed by atoms with Crippen LogP contribution in [0.2, 0.25) is 0 Å². The van der Waals surface area contributed by atoms with Gasteiger partial charge in [0, 0.05) is 29.9 Å². The molecule has 29 heavy (non-hydrogen) atoms. The SMILES string of the molecule is Cc1cc2occ(CC(=O)NCc3ccc(-n4ccnc4C)c(F)c3)c2cc1C. The van der Waals surface area contributed by atoms with Crippen molar-refractivity contribution in [2.24, 2.45) is 0 Å². The zero-order valence-electron chi connectivity index (χ0n) is 16.6. The van der Waals surface area contributed by atoms with E-state index in [1.807, 2.05) is 32.9 Å². The number of nitrogens with one attached hydrogen (secondary N) is 1. The molecular weight excluding hydrogens is 369 g/mol. The first kappa shape index (κ1) is 18.9. The van der Waals surface area contributed by atoms with Gasteiger partial charge in [-0.2, -0.15) is 0 Å². The molecule has 0 aliphatic heterocycles. The van der Waals surface area contributed by atoms with Crippen LogP contribution in [0, 0.1) is 26.6 Å². The van der Waals surface area contributed by atoms with Crippen molar-refractivity contribution in [2.75, 3.05) is 0 Å². The monoisotopic (exact) mass is 391 g/mol. The molecule has 2 heterocycles. The fourth-order valence-electron chi connectivity index (χ4n) is 3.40. The van der Waals surface area contributed by atoms with Gasteiger partial charge in [-0.15, -0.1) is 0 Å². The van der Waals surface area contributed by atoms with Crippen LogP contribution in [0.3, 0.4) is 0 Å². The summed E-state index contributed by atoms with van der Waals surface area (Å²) in [6.07, 6.45) is 5.19. The van der Waals surface area contributed by atoms with Crippen LogP contribution in [0.15, 0.2) is 53.4 Å². The van der Waals surface area contributed by atoms with Crippen LogP contribution < -0.4 is 5.32 Å². The zero-order chi connectivity index (χ0) is 20.5. The number of carbonyl (C=O) groups is 1. The Morgan fingerprint density at radius 2 is 1.97 bits per heavy atom. The van der Waals surface area contributed by atoms with Crippen LogP contribution in [0.1, 0.15) is 28.1 Å². The third-order valence-electron chi connectivity index (χ3n) is 5.21. The molecule has 1 amide bonds. The van der Waals surface area contributed by atoms with E-state index in [-0.39, 0.29) is 24.7 Å². The number of nitrogens with zero attached hydrogens (tertiary/aromatic N) is 2. The number of rotatable bonds is 5. The topological polar surface area (TPSA) is 60.1 Å². The smallest absolute Gasteiger partial charge is 0.224 e. The first-order chi connectivity index (χ1) is 13.9. The Kier molecular flexibility index (Phi) is 4.92. The lowest BCUT2D eigenvalue weighted by Crippen LogP contribution is -2.24. The number of amides is 1. The van der Waals surface area contributed by atoms with Gasteiger partial charge in [-0.25, -0.2) is 9.37 Å². The number of carbonyl (C=O) groups excluding carboxylic acids is 1. The zero-order valence-corrected chi connectivity index (χ0v) is 16.6. The highest BCUT2D eigenvalue weighted by Gasteiger charge is 2.13. The maximum absolute atomic E-state index is 14.5. The van der Waals surface area contributed by atoms with Crippen LogP contribution in [0.25, 0.3) is 16.7 Å². The minimum Gasteiger partial charge on any atom is -0.464 e. The molecule has 0 radical (unpaired) electrons. The van der Waals surface area contributed by atoms with Crippen molar-refractivity contribution in [3.8, 4) is 5.69 Å². The Bertz CT molecular complexity index is 1210. The van der Waals surface area contributed by atoms with E-state index >= 15 is 0 Å². The Labute approximate surface area is 168 Å². The first-order valence-electron chi connectivity index (χ1n) is 9.45. The first-order valence-corrected chi connectivity index (χ1v) is 9.45. The van der Waals surface area contributed by atoms with Crippen molar-refractivity contribution in [3.63, 3.8) is 0 Å².